The number of benzene rings is 1. The molecule has 2 heteroatoms. The molecular weight excluding hydrogens is 198 g/mol. The molecule has 0 aliphatic carbocycles. The molecule has 0 radical (unpaired) electrons. The molecule has 0 saturated carbocycles. The minimum absolute atomic E-state index is 0.677. The molecule has 86 valence electrons. The van der Waals surface area contributed by atoms with Gasteiger partial charge in [-0.15, -0.1) is 0 Å². The molecule has 0 amide bonds. The lowest BCUT2D eigenvalue weighted by atomic mass is 9.98. The summed E-state index contributed by atoms with van der Waals surface area (Å²) < 4.78 is 0. The Morgan fingerprint density at radius 2 is 2.25 bits per heavy atom. The Labute approximate surface area is 97.3 Å². The van der Waals surface area contributed by atoms with E-state index in [1.165, 1.54) is 17.7 Å². The van der Waals surface area contributed by atoms with Gasteiger partial charge in [-0.3, -0.25) is 4.79 Å². The summed E-state index contributed by atoms with van der Waals surface area (Å²) in [7, 11) is 0. The van der Waals surface area contributed by atoms with Crippen molar-refractivity contribution in [3.05, 3.63) is 29.3 Å². The number of carbonyl (C=O) groups is 1. The first kappa shape index (κ1) is 11.2. The fourth-order valence-corrected chi connectivity index (χ4v) is 2.40. The van der Waals surface area contributed by atoms with E-state index in [2.05, 4.69) is 24.8 Å². The zero-order chi connectivity index (χ0) is 11.5. The van der Waals surface area contributed by atoms with Gasteiger partial charge in [-0.1, -0.05) is 13.8 Å². The van der Waals surface area contributed by atoms with Gasteiger partial charge in [-0.2, -0.15) is 0 Å². The first-order chi connectivity index (χ1) is 7.70. The fraction of sp³-hybridized carbons (Fsp3) is 0.500. The van der Waals surface area contributed by atoms with Crippen LogP contribution in [0.4, 0.5) is 5.69 Å². The summed E-state index contributed by atoms with van der Waals surface area (Å²) in [6.07, 6.45) is 3.23. The van der Waals surface area contributed by atoms with Crippen LogP contribution in [0.1, 0.15) is 36.2 Å². The van der Waals surface area contributed by atoms with Gasteiger partial charge >= 0.3 is 0 Å². The Hall–Kier alpha value is -1.31. The quantitative estimate of drug-likeness (QED) is 0.726. The third-order valence-corrected chi connectivity index (χ3v) is 3.04. The van der Waals surface area contributed by atoms with Gasteiger partial charge in [0.15, 0.2) is 0 Å². The molecule has 0 saturated heterocycles. The smallest absolute Gasteiger partial charge is 0.150 e. The summed E-state index contributed by atoms with van der Waals surface area (Å²) in [5.74, 6) is 0.677. The van der Waals surface area contributed by atoms with Crippen molar-refractivity contribution in [2.75, 3.05) is 18.0 Å². The van der Waals surface area contributed by atoms with Gasteiger partial charge in [-0.05, 0) is 42.5 Å². The predicted molar refractivity (Wildman–Crippen MR) is 67.2 cm³/mol. The van der Waals surface area contributed by atoms with Gasteiger partial charge in [0.1, 0.15) is 6.29 Å². The van der Waals surface area contributed by atoms with Gasteiger partial charge in [0.05, 0.1) is 0 Å². The zero-order valence-corrected chi connectivity index (χ0v) is 10.1. The van der Waals surface area contributed by atoms with E-state index in [4.69, 9.17) is 0 Å². The van der Waals surface area contributed by atoms with E-state index >= 15 is 0 Å². The molecule has 1 aromatic carbocycles. The zero-order valence-electron chi connectivity index (χ0n) is 10.1. The van der Waals surface area contributed by atoms with Crippen LogP contribution in [0.25, 0.3) is 0 Å². The van der Waals surface area contributed by atoms with E-state index in [1.807, 2.05) is 12.1 Å². The van der Waals surface area contributed by atoms with Crippen LogP contribution >= 0.6 is 0 Å². The largest absolute Gasteiger partial charge is 0.371 e. The van der Waals surface area contributed by atoms with E-state index < -0.39 is 0 Å². The Morgan fingerprint density at radius 3 is 2.94 bits per heavy atom. The van der Waals surface area contributed by atoms with E-state index in [-0.39, 0.29) is 0 Å². The maximum atomic E-state index is 10.7. The molecule has 0 bridgehead atoms. The molecule has 1 heterocycles. The molecular formula is C14H19NO. The molecule has 1 aliphatic rings. The number of fused-ring (bicyclic) bond motifs is 1. The van der Waals surface area contributed by atoms with Crippen molar-refractivity contribution in [3.63, 3.8) is 0 Å². The summed E-state index contributed by atoms with van der Waals surface area (Å²) in [4.78, 5) is 13.2. The first-order valence-corrected chi connectivity index (χ1v) is 6.03. The van der Waals surface area contributed by atoms with Crippen LogP contribution in [0.2, 0.25) is 0 Å². The Kier molecular flexibility index (Phi) is 3.28. The maximum absolute atomic E-state index is 10.7. The standard InChI is InChI=1S/C14H19NO/c1-11(2)9-15-7-3-4-13-8-12(10-16)5-6-14(13)15/h5-6,8,10-11H,3-4,7,9H2,1-2H3. The summed E-state index contributed by atoms with van der Waals surface area (Å²) in [6, 6.07) is 6.06. The van der Waals surface area contributed by atoms with Gasteiger partial charge in [0.25, 0.3) is 0 Å². The van der Waals surface area contributed by atoms with Crippen LogP contribution in [0.3, 0.4) is 0 Å². The summed E-state index contributed by atoms with van der Waals surface area (Å²) in [5, 5.41) is 0. The van der Waals surface area contributed by atoms with Crippen LogP contribution in [0, 0.1) is 5.92 Å². The van der Waals surface area contributed by atoms with Crippen LogP contribution < -0.4 is 4.90 Å². The van der Waals surface area contributed by atoms with Crippen LogP contribution in [0.15, 0.2) is 18.2 Å². The number of hydrogen-bond donors (Lipinski definition) is 0. The lowest BCUT2D eigenvalue weighted by Gasteiger charge is -2.32. The molecule has 0 fully saturated rings. The molecule has 0 N–H and O–H groups in total. The van der Waals surface area contributed by atoms with Crippen molar-refractivity contribution >= 4 is 12.0 Å². The second-order valence-corrected chi connectivity index (χ2v) is 4.95. The maximum Gasteiger partial charge on any atom is 0.150 e. The highest BCUT2D eigenvalue weighted by Gasteiger charge is 2.17. The number of anilines is 1. The van der Waals surface area contributed by atoms with E-state index in [1.54, 1.807) is 0 Å². The van der Waals surface area contributed by atoms with Gasteiger partial charge in [-0.25, -0.2) is 0 Å². The fourth-order valence-electron chi connectivity index (χ4n) is 2.40. The second kappa shape index (κ2) is 4.69. The van der Waals surface area contributed by atoms with Crippen molar-refractivity contribution < 1.29 is 4.79 Å². The Balaban J connectivity index is 2.28. The van der Waals surface area contributed by atoms with E-state index in [0.717, 1.165) is 31.4 Å². The predicted octanol–water partition coefficient (Wildman–Crippen LogP) is 2.91. The summed E-state index contributed by atoms with van der Waals surface area (Å²) >= 11 is 0. The van der Waals surface area contributed by atoms with Crippen LogP contribution in [-0.4, -0.2) is 19.4 Å². The lowest BCUT2D eigenvalue weighted by molar-refractivity contribution is 0.112. The van der Waals surface area contributed by atoms with E-state index in [9.17, 15) is 4.79 Å². The minimum Gasteiger partial charge on any atom is -0.371 e. The van der Waals surface area contributed by atoms with Gasteiger partial charge < -0.3 is 4.90 Å². The van der Waals surface area contributed by atoms with Gasteiger partial charge in [0, 0.05) is 24.3 Å². The average molecular weight is 217 g/mol. The highest BCUT2D eigenvalue weighted by Crippen LogP contribution is 2.28. The Bertz CT molecular complexity index is 384. The summed E-state index contributed by atoms with van der Waals surface area (Å²) in [5.41, 5.74) is 3.45. The number of aldehydes is 1. The molecule has 0 spiro atoms. The average Bonchev–Trinajstić information content (AvgIpc) is 2.28. The summed E-state index contributed by atoms with van der Waals surface area (Å²) in [6.45, 7) is 6.74. The molecule has 16 heavy (non-hydrogen) atoms. The highest BCUT2D eigenvalue weighted by molar-refractivity contribution is 5.77. The Morgan fingerprint density at radius 1 is 1.44 bits per heavy atom. The second-order valence-electron chi connectivity index (χ2n) is 4.95. The molecule has 2 nitrogen and oxygen atoms in total. The van der Waals surface area contributed by atoms with E-state index in [0.29, 0.717) is 5.92 Å². The molecule has 0 atom stereocenters. The third kappa shape index (κ3) is 2.26. The molecule has 1 aromatic rings. The van der Waals surface area contributed by atoms with Crippen molar-refractivity contribution in [2.45, 2.75) is 26.7 Å². The van der Waals surface area contributed by atoms with Crippen LogP contribution in [0.5, 0.6) is 0 Å². The monoisotopic (exact) mass is 217 g/mol. The molecule has 1 aliphatic heterocycles. The molecule has 0 unspecified atom stereocenters. The van der Waals surface area contributed by atoms with Crippen molar-refractivity contribution in [3.8, 4) is 0 Å². The molecule has 0 aromatic heterocycles. The van der Waals surface area contributed by atoms with Crippen LogP contribution in [-0.2, 0) is 6.42 Å². The first-order valence-electron chi connectivity index (χ1n) is 6.03. The highest BCUT2D eigenvalue weighted by atomic mass is 16.1. The number of rotatable bonds is 3. The van der Waals surface area contributed by atoms with Gasteiger partial charge in [0.2, 0.25) is 0 Å². The number of hydrogen-bond acceptors (Lipinski definition) is 2. The molecule has 2 rings (SSSR count). The van der Waals surface area contributed by atoms with Crippen molar-refractivity contribution in [2.24, 2.45) is 5.92 Å². The topological polar surface area (TPSA) is 20.3 Å². The number of nitrogens with zero attached hydrogens (tertiary/aromatic N) is 1. The lowest BCUT2D eigenvalue weighted by Crippen LogP contribution is -2.32. The minimum atomic E-state index is 0.677. The normalized spacial score (nSPS) is 15.1. The number of carbonyl (C=O) groups excluding carboxylic acids is 1. The van der Waals surface area contributed by atoms with Crippen molar-refractivity contribution in [1.29, 1.82) is 0 Å². The number of aryl methyl sites for hydroxylation is 1. The van der Waals surface area contributed by atoms with Crippen molar-refractivity contribution in [1.82, 2.24) is 0 Å². The third-order valence-electron chi connectivity index (χ3n) is 3.04. The SMILES string of the molecule is CC(C)CN1CCCc2cc(C=O)ccc21.